The first-order valence-corrected chi connectivity index (χ1v) is 11.1. The fourth-order valence-electron chi connectivity index (χ4n) is 3.20. The Labute approximate surface area is 208 Å². The van der Waals surface area contributed by atoms with Gasteiger partial charge in [0.1, 0.15) is 21.7 Å². The molecule has 0 spiro atoms. The van der Waals surface area contributed by atoms with Gasteiger partial charge < -0.3 is 14.4 Å². The number of nitro groups is 1. The van der Waals surface area contributed by atoms with Crippen molar-refractivity contribution >= 4 is 56.8 Å². The van der Waals surface area contributed by atoms with Crippen molar-refractivity contribution < 1.29 is 19.2 Å². The first-order chi connectivity index (χ1) is 15.8. The predicted octanol–water partition coefficient (Wildman–Crippen LogP) is 4.64. The van der Waals surface area contributed by atoms with Crippen LogP contribution in [0.4, 0.5) is 10.8 Å². The molecule has 182 valence electrons. The van der Waals surface area contributed by atoms with Crippen LogP contribution >= 0.6 is 23.7 Å². The number of thiazole rings is 1. The summed E-state index contributed by atoms with van der Waals surface area (Å²) in [6.45, 7) is 1.29. The maximum atomic E-state index is 13.2. The molecule has 0 bridgehead atoms. The molecule has 0 saturated carbocycles. The Morgan fingerprint density at radius 3 is 2.32 bits per heavy atom. The summed E-state index contributed by atoms with van der Waals surface area (Å²) in [6, 6.07) is 9.63. The molecule has 0 aliphatic heterocycles. The minimum atomic E-state index is -0.458. The zero-order valence-corrected chi connectivity index (χ0v) is 21.0. The van der Waals surface area contributed by atoms with Crippen molar-refractivity contribution in [2.45, 2.75) is 6.42 Å². The minimum absolute atomic E-state index is 0. The molecular formula is C23H27ClN4O5S. The van der Waals surface area contributed by atoms with Gasteiger partial charge in [0.2, 0.25) is 0 Å². The van der Waals surface area contributed by atoms with E-state index < -0.39 is 4.92 Å². The van der Waals surface area contributed by atoms with Crippen molar-refractivity contribution in [2.75, 3.05) is 46.3 Å². The second-order valence-electron chi connectivity index (χ2n) is 7.47. The van der Waals surface area contributed by atoms with E-state index in [9.17, 15) is 14.9 Å². The van der Waals surface area contributed by atoms with Gasteiger partial charge in [-0.3, -0.25) is 19.8 Å². The van der Waals surface area contributed by atoms with Crippen LogP contribution < -0.4 is 14.4 Å². The van der Waals surface area contributed by atoms with Crippen LogP contribution in [0.2, 0.25) is 0 Å². The molecule has 3 rings (SSSR count). The third-order valence-electron chi connectivity index (χ3n) is 4.91. The van der Waals surface area contributed by atoms with Crippen LogP contribution in [0.15, 0.2) is 42.5 Å². The molecule has 1 aromatic heterocycles. The quantitative estimate of drug-likeness (QED) is 0.224. The zero-order valence-electron chi connectivity index (χ0n) is 19.4. The van der Waals surface area contributed by atoms with Gasteiger partial charge in [-0.15, -0.1) is 12.4 Å². The smallest absolute Gasteiger partial charge is 0.269 e. The Kier molecular flexibility index (Phi) is 9.79. The highest BCUT2D eigenvalue weighted by Gasteiger charge is 2.21. The topological polar surface area (TPSA) is 98.0 Å². The number of aromatic nitrogens is 1. The van der Waals surface area contributed by atoms with E-state index in [1.165, 1.54) is 29.5 Å². The van der Waals surface area contributed by atoms with Crippen LogP contribution in [0, 0.1) is 10.1 Å². The molecule has 0 fully saturated rings. The number of amides is 1. The molecule has 11 heteroatoms. The number of rotatable bonds is 10. The number of hydrogen-bond donors (Lipinski definition) is 0. The second kappa shape index (κ2) is 12.3. The van der Waals surface area contributed by atoms with Gasteiger partial charge >= 0.3 is 0 Å². The summed E-state index contributed by atoms with van der Waals surface area (Å²) in [5.74, 6) is 1.04. The van der Waals surface area contributed by atoms with Crippen molar-refractivity contribution in [1.29, 1.82) is 0 Å². The number of nitro benzene ring substituents is 1. The van der Waals surface area contributed by atoms with Crippen molar-refractivity contribution in [1.82, 2.24) is 9.88 Å². The normalized spacial score (nSPS) is 11.0. The lowest BCUT2D eigenvalue weighted by molar-refractivity contribution is -0.384. The summed E-state index contributed by atoms with van der Waals surface area (Å²) in [4.78, 5) is 31.9. The molecule has 0 aliphatic rings. The van der Waals surface area contributed by atoms with Gasteiger partial charge in [0, 0.05) is 24.8 Å². The molecule has 0 aliphatic carbocycles. The highest BCUT2D eigenvalue weighted by molar-refractivity contribution is 7.22. The fourth-order valence-corrected chi connectivity index (χ4v) is 4.31. The number of ether oxygens (including phenoxy) is 2. The van der Waals surface area contributed by atoms with Crippen LogP contribution in [0.25, 0.3) is 16.3 Å². The highest BCUT2D eigenvalue weighted by atomic mass is 35.5. The van der Waals surface area contributed by atoms with Gasteiger partial charge in [-0.1, -0.05) is 11.3 Å². The van der Waals surface area contributed by atoms with E-state index in [0.717, 1.165) is 17.7 Å². The van der Waals surface area contributed by atoms with Crippen LogP contribution in [-0.2, 0) is 4.79 Å². The second-order valence-corrected chi connectivity index (χ2v) is 8.45. The third-order valence-corrected chi connectivity index (χ3v) is 6.00. The summed E-state index contributed by atoms with van der Waals surface area (Å²) < 4.78 is 11.7. The maximum absolute atomic E-state index is 13.2. The van der Waals surface area contributed by atoms with Crippen LogP contribution in [-0.4, -0.2) is 62.1 Å². The average molecular weight is 507 g/mol. The first kappa shape index (κ1) is 27.0. The Bertz CT molecular complexity index is 1120. The highest BCUT2D eigenvalue weighted by Crippen LogP contribution is 2.40. The van der Waals surface area contributed by atoms with E-state index in [4.69, 9.17) is 14.5 Å². The summed E-state index contributed by atoms with van der Waals surface area (Å²) in [7, 11) is 7.13. The Morgan fingerprint density at radius 1 is 1.09 bits per heavy atom. The van der Waals surface area contributed by atoms with Gasteiger partial charge in [-0.25, -0.2) is 4.98 Å². The molecule has 34 heavy (non-hydrogen) atoms. The summed E-state index contributed by atoms with van der Waals surface area (Å²) >= 11 is 1.37. The van der Waals surface area contributed by atoms with Gasteiger partial charge in [0.15, 0.2) is 5.13 Å². The van der Waals surface area contributed by atoms with Crippen molar-refractivity contribution in [3.63, 3.8) is 0 Å². The number of benzene rings is 2. The first-order valence-electron chi connectivity index (χ1n) is 10.2. The average Bonchev–Trinajstić information content (AvgIpc) is 3.24. The lowest BCUT2D eigenvalue weighted by Gasteiger charge is -2.19. The van der Waals surface area contributed by atoms with Gasteiger partial charge in [0.05, 0.1) is 19.1 Å². The number of hydrogen-bond acceptors (Lipinski definition) is 8. The van der Waals surface area contributed by atoms with Crippen molar-refractivity contribution in [3.05, 3.63) is 58.2 Å². The standard InChI is InChI=1S/C23H26N4O5S.ClH/c1-25(2)14-5-15-26(20(28)13-8-16-6-9-17(10-7-16)27(29)30)23-24-21-18(31-3)11-12-19(32-4)22(21)33-23;/h6-13H,5,14-15H2,1-4H3;1H. The molecular weight excluding hydrogens is 480 g/mol. The number of carbonyl (C=O) groups is 1. The predicted molar refractivity (Wildman–Crippen MR) is 138 cm³/mol. The SMILES string of the molecule is COc1ccc(OC)c2sc(N(CCCN(C)C)C(=O)C=Cc3ccc([N+](=O)[O-])cc3)nc12.Cl. The van der Waals surface area contributed by atoms with Crippen LogP contribution in [0.3, 0.4) is 0 Å². The number of fused-ring (bicyclic) bond motifs is 1. The molecule has 2 aromatic carbocycles. The number of carbonyl (C=O) groups excluding carboxylic acids is 1. The molecule has 0 radical (unpaired) electrons. The summed E-state index contributed by atoms with van der Waals surface area (Å²) in [5.41, 5.74) is 1.33. The Balaban J connectivity index is 0.00000408. The Hall–Kier alpha value is -3.21. The third kappa shape index (κ3) is 6.43. The van der Waals surface area contributed by atoms with Gasteiger partial charge in [-0.05, 0) is 63.0 Å². The minimum Gasteiger partial charge on any atom is -0.495 e. The molecule has 1 heterocycles. The van der Waals surface area contributed by atoms with Crippen molar-refractivity contribution in [2.24, 2.45) is 0 Å². The molecule has 3 aromatic rings. The molecule has 0 saturated heterocycles. The Morgan fingerprint density at radius 2 is 1.74 bits per heavy atom. The zero-order chi connectivity index (χ0) is 24.0. The number of nitrogens with zero attached hydrogens (tertiary/aromatic N) is 4. The molecule has 9 nitrogen and oxygen atoms in total. The summed E-state index contributed by atoms with van der Waals surface area (Å²) in [6.07, 6.45) is 3.85. The van der Waals surface area contributed by atoms with Gasteiger partial charge in [-0.2, -0.15) is 0 Å². The fraction of sp³-hybridized carbons (Fsp3) is 0.304. The maximum Gasteiger partial charge on any atom is 0.269 e. The number of halogens is 1. The van der Waals surface area contributed by atoms with E-state index in [2.05, 4.69) is 4.90 Å². The van der Waals surface area contributed by atoms with E-state index >= 15 is 0 Å². The van der Waals surface area contributed by atoms with E-state index in [1.807, 2.05) is 20.2 Å². The largest absolute Gasteiger partial charge is 0.495 e. The number of methoxy groups -OCH3 is 2. The van der Waals surface area contributed by atoms with E-state index in [0.29, 0.717) is 34.3 Å². The van der Waals surface area contributed by atoms with Crippen molar-refractivity contribution in [3.8, 4) is 11.5 Å². The lowest BCUT2D eigenvalue weighted by atomic mass is 10.2. The molecule has 0 atom stereocenters. The number of anilines is 1. The monoisotopic (exact) mass is 506 g/mol. The van der Waals surface area contributed by atoms with Crippen LogP contribution in [0.1, 0.15) is 12.0 Å². The molecule has 1 amide bonds. The number of non-ortho nitro benzene ring substituents is 1. The molecule has 0 unspecified atom stereocenters. The van der Waals surface area contributed by atoms with Gasteiger partial charge in [0.25, 0.3) is 11.6 Å². The lowest BCUT2D eigenvalue weighted by Crippen LogP contribution is -2.32. The molecule has 0 N–H and O–H groups in total. The van der Waals surface area contributed by atoms with Crippen LogP contribution in [0.5, 0.6) is 11.5 Å². The van der Waals surface area contributed by atoms with E-state index in [-0.39, 0.29) is 24.0 Å². The van der Waals surface area contributed by atoms with E-state index in [1.54, 1.807) is 43.4 Å². The summed E-state index contributed by atoms with van der Waals surface area (Å²) in [5, 5.41) is 11.4.